The van der Waals surface area contributed by atoms with Crippen molar-refractivity contribution in [1.82, 2.24) is 5.32 Å². The Balaban J connectivity index is 2.15. The first-order chi connectivity index (χ1) is 40.7. The molecule has 1 saturated heterocycles. The van der Waals surface area contributed by atoms with Gasteiger partial charge in [-0.2, -0.15) is 0 Å². The number of rotatable bonds is 66. The average Bonchev–Trinajstić information content (AvgIpc) is 3.68. The van der Waals surface area contributed by atoms with E-state index in [-0.39, 0.29) is 6.42 Å². The third-order valence-corrected chi connectivity index (χ3v) is 18.4. The molecule has 1 heterocycles. The molecule has 1 fully saturated rings. The fraction of sp³-hybridized carbons (Fsp3) is 0.986. The predicted molar refractivity (Wildman–Crippen MR) is 349 cm³/mol. The third kappa shape index (κ3) is 48.7. The highest BCUT2D eigenvalue weighted by atomic mass is 16.7. The Morgan fingerprint density at radius 2 is 0.627 bits per heavy atom. The van der Waals surface area contributed by atoms with Gasteiger partial charge >= 0.3 is 0 Å². The summed E-state index contributed by atoms with van der Waals surface area (Å²) in [7, 11) is 0. The molecule has 11 heteroatoms. The Bertz CT molecular complexity index is 1310. The maximum absolute atomic E-state index is 13.3. The number of hydrogen-bond acceptors (Lipinski definition) is 10. The van der Waals surface area contributed by atoms with Crippen molar-refractivity contribution in [3.63, 3.8) is 0 Å². The largest absolute Gasteiger partial charge is 0.394 e. The molecular formula is C72H143NO10. The lowest BCUT2D eigenvalue weighted by molar-refractivity contribution is -0.303. The fourth-order valence-corrected chi connectivity index (χ4v) is 12.5. The number of aliphatic hydroxyl groups excluding tert-OH is 7. The van der Waals surface area contributed by atoms with E-state index in [9.17, 15) is 40.5 Å². The maximum atomic E-state index is 13.3. The van der Waals surface area contributed by atoms with Gasteiger partial charge in [0.05, 0.1) is 25.4 Å². The summed E-state index contributed by atoms with van der Waals surface area (Å²) in [6, 6.07) is -1.16. The summed E-state index contributed by atoms with van der Waals surface area (Å²) in [4.78, 5) is 13.3. The Morgan fingerprint density at radius 1 is 0.373 bits per heavy atom. The van der Waals surface area contributed by atoms with E-state index in [2.05, 4.69) is 19.2 Å². The minimum absolute atomic E-state index is 0.268. The van der Waals surface area contributed by atoms with Gasteiger partial charge in [0.2, 0.25) is 5.91 Å². The van der Waals surface area contributed by atoms with E-state index in [1.807, 2.05) is 0 Å². The van der Waals surface area contributed by atoms with Crippen LogP contribution in [-0.2, 0) is 14.3 Å². The molecule has 1 amide bonds. The summed E-state index contributed by atoms with van der Waals surface area (Å²) in [5.74, 6) is -0.686. The summed E-state index contributed by atoms with van der Waals surface area (Å²) in [5, 5.41) is 76.6. The van der Waals surface area contributed by atoms with Gasteiger partial charge in [-0.3, -0.25) is 4.79 Å². The summed E-state index contributed by atoms with van der Waals surface area (Å²) in [6.07, 6.45) is 63.4. The SMILES string of the molecule is CCCCCCCCCCCCCCCCCCCCCCCCCCCCCCCCCCC(O)C(=O)NC(COC1OC(CO)C(O)C(O)C1O)C(O)C(O)CCCCCCCCCCCCCCCCCCCCCCCCCC. The molecular weight excluding hydrogens is 1040 g/mol. The highest BCUT2D eigenvalue weighted by Gasteiger charge is 2.44. The molecule has 0 spiro atoms. The average molecular weight is 1180 g/mol. The van der Waals surface area contributed by atoms with Crippen LogP contribution in [0.5, 0.6) is 0 Å². The van der Waals surface area contributed by atoms with Crippen LogP contribution in [0.4, 0.5) is 0 Å². The molecule has 1 rings (SSSR count). The standard InChI is InChI=1S/C72H143NO10/c1-3-5-7-9-11-13-15-17-19-21-23-25-27-29-30-31-32-33-34-35-36-38-40-42-44-46-48-50-52-54-56-58-60-65(76)71(81)73-63(62-82-72-70(80)69(79)68(78)66(61-74)83-72)67(77)64(75)59-57-55-53-51-49-47-45-43-41-39-37-28-26-24-22-20-18-16-14-12-10-8-6-4-2/h63-70,72,74-80H,3-62H2,1-2H3,(H,73,81). The second kappa shape index (κ2) is 61.4. The van der Waals surface area contributed by atoms with Crippen molar-refractivity contribution < 1.29 is 50.0 Å². The minimum Gasteiger partial charge on any atom is -0.394 e. The Morgan fingerprint density at radius 3 is 0.892 bits per heavy atom. The van der Waals surface area contributed by atoms with Gasteiger partial charge in [0, 0.05) is 0 Å². The van der Waals surface area contributed by atoms with Crippen molar-refractivity contribution in [2.75, 3.05) is 13.2 Å². The fourth-order valence-electron chi connectivity index (χ4n) is 12.5. The first-order valence-corrected chi connectivity index (χ1v) is 36.9. The molecule has 0 aromatic heterocycles. The van der Waals surface area contributed by atoms with Crippen LogP contribution in [0, 0.1) is 0 Å². The van der Waals surface area contributed by atoms with E-state index in [1.54, 1.807) is 0 Å². The van der Waals surface area contributed by atoms with Crippen molar-refractivity contribution in [2.45, 2.75) is 441 Å². The molecule has 9 unspecified atom stereocenters. The zero-order chi connectivity index (χ0) is 60.3. The van der Waals surface area contributed by atoms with Crippen LogP contribution in [0.25, 0.3) is 0 Å². The Kier molecular flexibility index (Phi) is 59.2. The second-order valence-electron chi connectivity index (χ2n) is 26.4. The molecule has 83 heavy (non-hydrogen) atoms. The van der Waals surface area contributed by atoms with Crippen LogP contribution in [0.15, 0.2) is 0 Å². The predicted octanol–water partition coefficient (Wildman–Crippen LogP) is 18.0. The van der Waals surface area contributed by atoms with Crippen molar-refractivity contribution in [3.8, 4) is 0 Å². The highest BCUT2D eigenvalue weighted by molar-refractivity contribution is 5.80. The van der Waals surface area contributed by atoms with Gasteiger partial charge in [-0.05, 0) is 12.8 Å². The highest BCUT2D eigenvalue weighted by Crippen LogP contribution is 2.24. The van der Waals surface area contributed by atoms with E-state index < -0.39 is 74.2 Å². The number of carbonyl (C=O) groups excluding carboxylic acids is 1. The van der Waals surface area contributed by atoms with Gasteiger partial charge < -0.3 is 50.5 Å². The van der Waals surface area contributed by atoms with E-state index in [0.717, 1.165) is 38.5 Å². The first kappa shape index (κ1) is 80.1. The summed E-state index contributed by atoms with van der Waals surface area (Å²) in [5.41, 5.74) is 0. The number of hydrogen-bond donors (Lipinski definition) is 8. The number of carbonyl (C=O) groups is 1. The van der Waals surface area contributed by atoms with Gasteiger partial charge in [-0.1, -0.05) is 373 Å². The van der Waals surface area contributed by atoms with Crippen molar-refractivity contribution in [1.29, 1.82) is 0 Å². The van der Waals surface area contributed by atoms with Gasteiger partial charge in [0.25, 0.3) is 0 Å². The van der Waals surface area contributed by atoms with Crippen LogP contribution in [0.3, 0.4) is 0 Å². The smallest absolute Gasteiger partial charge is 0.249 e. The zero-order valence-electron chi connectivity index (χ0n) is 55.0. The molecule has 0 bridgehead atoms. The molecule has 0 saturated carbocycles. The molecule has 1 aliphatic heterocycles. The molecule has 0 aromatic rings. The van der Waals surface area contributed by atoms with Crippen LogP contribution in [-0.4, -0.2) is 110 Å². The molecule has 0 aromatic carbocycles. The zero-order valence-corrected chi connectivity index (χ0v) is 55.0. The number of ether oxygens (including phenoxy) is 2. The van der Waals surface area contributed by atoms with Gasteiger partial charge in [-0.15, -0.1) is 0 Å². The summed E-state index contributed by atoms with van der Waals surface area (Å²) in [6.45, 7) is 3.53. The third-order valence-electron chi connectivity index (χ3n) is 18.4. The van der Waals surface area contributed by atoms with Gasteiger partial charge in [-0.25, -0.2) is 0 Å². The Hall–Kier alpha value is -0.890. The monoisotopic (exact) mass is 1180 g/mol. The molecule has 8 N–H and O–H groups in total. The lowest BCUT2D eigenvalue weighted by Gasteiger charge is -2.40. The summed E-state index contributed by atoms with van der Waals surface area (Å²) >= 11 is 0. The molecule has 1 aliphatic rings. The maximum Gasteiger partial charge on any atom is 0.249 e. The van der Waals surface area contributed by atoms with Crippen LogP contribution < -0.4 is 5.32 Å². The molecule has 11 nitrogen and oxygen atoms in total. The van der Waals surface area contributed by atoms with Crippen molar-refractivity contribution in [3.05, 3.63) is 0 Å². The summed E-state index contributed by atoms with van der Waals surface area (Å²) < 4.78 is 11.2. The number of unbranched alkanes of at least 4 members (excludes halogenated alkanes) is 54. The molecule has 496 valence electrons. The van der Waals surface area contributed by atoms with Crippen LogP contribution in [0.2, 0.25) is 0 Å². The van der Waals surface area contributed by atoms with E-state index in [0.29, 0.717) is 19.3 Å². The molecule has 0 radical (unpaired) electrons. The lowest BCUT2D eigenvalue weighted by Crippen LogP contribution is -2.60. The first-order valence-electron chi connectivity index (χ1n) is 36.9. The van der Waals surface area contributed by atoms with Crippen LogP contribution in [0.1, 0.15) is 386 Å². The minimum atomic E-state index is -1.66. The van der Waals surface area contributed by atoms with Crippen molar-refractivity contribution in [2.24, 2.45) is 0 Å². The lowest BCUT2D eigenvalue weighted by atomic mass is 9.98. The quantitative estimate of drug-likeness (QED) is 0.0272. The second-order valence-corrected chi connectivity index (χ2v) is 26.4. The van der Waals surface area contributed by atoms with Crippen LogP contribution >= 0.6 is 0 Å². The number of aliphatic hydroxyl groups is 7. The van der Waals surface area contributed by atoms with Crippen molar-refractivity contribution >= 4 is 5.91 Å². The van der Waals surface area contributed by atoms with E-state index in [1.165, 1.54) is 308 Å². The number of amides is 1. The molecule has 0 aliphatic carbocycles. The topological polar surface area (TPSA) is 189 Å². The van der Waals surface area contributed by atoms with Gasteiger partial charge in [0.15, 0.2) is 6.29 Å². The van der Waals surface area contributed by atoms with E-state index in [4.69, 9.17) is 9.47 Å². The van der Waals surface area contributed by atoms with E-state index >= 15 is 0 Å². The van der Waals surface area contributed by atoms with Gasteiger partial charge in [0.1, 0.15) is 36.6 Å². The normalized spacial score (nSPS) is 18.9. The number of nitrogens with one attached hydrogen (secondary N) is 1. The molecule has 9 atom stereocenters. The Labute approximate surface area is 513 Å².